The Kier molecular flexibility index (Phi) is 3.65. The largest absolute Gasteiger partial charge is 0.303 e. The minimum atomic E-state index is 0.0613. The first-order chi connectivity index (χ1) is 6.81. The first-order valence-electron chi connectivity index (χ1n) is 5.48. The number of carbonyl (C=O) groups excluding carboxylic acids is 1. The highest BCUT2D eigenvalue weighted by Crippen LogP contribution is 2.32. The van der Waals surface area contributed by atoms with Gasteiger partial charge in [-0.15, -0.1) is 0 Å². The zero-order valence-electron chi connectivity index (χ0n) is 8.26. The summed E-state index contributed by atoms with van der Waals surface area (Å²) in [5, 5.41) is 3.49. The molecule has 2 fully saturated rings. The molecule has 2 aliphatic rings. The van der Waals surface area contributed by atoms with Crippen molar-refractivity contribution in [3.05, 3.63) is 0 Å². The molecule has 14 heavy (non-hydrogen) atoms. The second-order valence-corrected chi connectivity index (χ2v) is 4.95. The Morgan fingerprint density at radius 3 is 2.79 bits per heavy atom. The van der Waals surface area contributed by atoms with Crippen LogP contribution in [0.3, 0.4) is 0 Å². The normalized spacial score (nSPS) is 37.4. The van der Waals surface area contributed by atoms with Crippen LogP contribution < -0.4 is 8.85 Å². The molecule has 4 heteroatoms. The van der Waals surface area contributed by atoms with E-state index in [1.165, 1.54) is 32.1 Å². The summed E-state index contributed by atoms with van der Waals surface area (Å²) in [5.41, 5.74) is 0. The third kappa shape index (κ3) is 2.21. The maximum absolute atomic E-state index is 11.5. The first kappa shape index (κ1) is 10.7. The zero-order chi connectivity index (χ0) is 9.97. The summed E-state index contributed by atoms with van der Waals surface area (Å²) in [6.07, 6.45) is 7.56. The molecule has 1 aliphatic carbocycles. The van der Waals surface area contributed by atoms with Gasteiger partial charge in [-0.25, -0.2) is 0 Å². The van der Waals surface area contributed by atoms with E-state index in [2.05, 4.69) is 8.85 Å². The number of amides is 1. The van der Waals surface area contributed by atoms with E-state index >= 15 is 0 Å². The van der Waals surface area contributed by atoms with E-state index in [4.69, 9.17) is 0 Å². The van der Waals surface area contributed by atoms with Crippen molar-refractivity contribution in [2.24, 2.45) is 5.92 Å². The van der Waals surface area contributed by atoms with Gasteiger partial charge in [-0.2, -0.15) is 0 Å². The van der Waals surface area contributed by atoms with Crippen LogP contribution in [0.4, 0.5) is 0 Å². The molecule has 0 aromatic carbocycles. The molecule has 1 amide bonds. The minimum absolute atomic E-state index is 0.0613. The Morgan fingerprint density at radius 2 is 2.00 bits per heavy atom. The monoisotopic (exact) mass is 308 g/mol. The van der Waals surface area contributed by atoms with Crippen molar-refractivity contribution in [2.75, 3.05) is 0 Å². The van der Waals surface area contributed by atoms with Gasteiger partial charge in [0.05, 0.1) is 28.9 Å². The molecule has 0 aromatic rings. The van der Waals surface area contributed by atoms with Crippen LogP contribution in [0.1, 0.15) is 38.5 Å². The van der Waals surface area contributed by atoms with Gasteiger partial charge >= 0.3 is 0 Å². The summed E-state index contributed by atoms with van der Waals surface area (Å²) in [6.45, 7) is 0. The molecule has 80 valence electrons. The minimum Gasteiger partial charge on any atom is -0.303 e. The molecule has 3 nitrogen and oxygen atoms in total. The van der Waals surface area contributed by atoms with Crippen LogP contribution in [0.5, 0.6) is 0 Å². The highest BCUT2D eigenvalue weighted by Gasteiger charge is 2.33. The second-order valence-electron chi connectivity index (χ2n) is 4.41. The highest BCUT2D eigenvalue weighted by atomic mass is 127. The summed E-state index contributed by atoms with van der Waals surface area (Å²) in [5.74, 6) is 0.983. The predicted molar refractivity (Wildman–Crippen MR) is 64.1 cm³/mol. The fourth-order valence-corrected chi connectivity index (χ4v) is 3.14. The van der Waals surface area contributed by atoms with E-state index in [0.717, 1.165) is 12.3 Å². The van der Waals surface area contributed by atoms with Crippen LogP contribution in [-0.4, -0.2) is 18.0 Å². The zero-order valence-corrected chi connectivity index (χ0v) is 10.4. The Labute approximate surface area is 98.9 Å². The van der Waals surface area contributed by atoms with Crippen molar-refractivity contribution >= 4 is 28.8 Å². The summed E-state index contributed by atoms with van der Waals surface area (Å²) >= 11 is 1.92. The number of rotatable bonds is 1. The topological polar surface area (TPSA) is 41.1 Å². The molecule has 1 heterocycles. The van der Waals surface area contributed by atoms with Gasteiger partial charge in [0.25, 0.3) is 0 Å². The number of hydrogen-bond donors (Lipinski definition) is 2. The third-order valence-corrected chi connectivity index (χ3v) is 4.09. The Balaban J connectivity index is 1.92. The Morgan fingerprint density at radius 1 is 1.21 bits per heavy atom. The van der Waals surface area contributed by atoms with E-state index in [-0.39, 0.29) is 11.9 Å². The van der Waals surface area contributed by atoms with Crippen LogP contribution in [-0.2, 0) is 4.79 Å². The summed E-state index contributed by atoms with van der Waals surface area (Å²) in [7, 11) is 0. The average Bonchev–Trinajstić information content (AvgIpc) is 2.27. The molecule has 2 N–H and O–H groups in total. The molecule has 0 bridgehead atoms. The van der Waals surface area contributed by atoms with E-state index in [0.29, 0.717) is 6.04 Å². The average molecular weight is 308 g/mol. The van der Waals surface area contributed by atoms with Crippen LogP contribution in [0.15, 0.2) is 0 Å². The van der Waals surface area contributed by atoms with E-state index in [9.17, 15) is 4.79 Å². The van der Waals surface area contributed by atoms with Gasteiger partial charge in [-0.05, 0) is 31.6 Å². The van der Waals surface area contributed by atoms with Gasteiger partial charge in [0.15, 0.2) is 0 Å². The van der Waals surface area contributed by atoms with E-state index in [1.54, 1.807) is 0 Å². The SMILES string of the molecule is O=C(NI)[C@H]1CCC2CCCCC2N1. The van der Waals surface area contributed by atoms with Crippen LogP contribution >= 0.6 is 22.9 Å². The molecule has 2 unspecified atom stereocenters. The van der Waals surface area contributed by atoms with Gasteiger partial charge in [-0.1, -0.05) is 12.8 Å². The van der Waals surface area contributed by atoms with Gasteiger partial charge in [-0.3, -0.25) is 8.32 Å². The number of piperidine rings is 1. The fraction of sp³-hybridized carbons (Fsp3) is 0.900. The molecule has 0 aromatic heterocycles. The molecule has 1 aliphatic heterocycles. The van der Waals surface area contributed by atoms with Crippen molar-refractivity contribution < 1.29 is 4.79 Å². The van der Waals surface area contributed by atoms with Crippen molar-refractivity contribution in [1.29, 1.82) is 0 Å². The number of fused-ring (bicyclic) bond motifs is 1. The standard InChI is InChI=1S/C10H17IN2O/c11-13-10(14)9-6-5-7-3-1-2-4-8(7)12-9/h7-9,12H,1-6H2,(H,13,14)/t7?,8?,9-/m1/s1. The van der Waals surface area contributed by atoms with Crippen LogP contribution in [0.2, 0.25) is 0 Å². The van der Waals surface area contributed by atoms with Gasteiger partial charge < -0.3 is 5.32 Å². The van der Waals surface area contributed by atoms with Crippen LogP contribution in [0.25, 0.3) is 0 Å². The Bertz CT molecular complexity index is 222. The summed E-state index contributed by atoms with van der Waals surface area (Å²) < 4.78 is 2.70. The van der Waals surface area contributed by atoms with Crippen molar-refractivity contribution in [2.45, 2.75) is 50.6 Å². The molecule has 0 radical (unpaired) electrons. The number of carbonyl (C=O) groups is 1. The molecule has 1 saturated carbocycles. The quantitative estimate of drug-likeness (QED) is 0.572. The van der Waals surface area contributed by atoms with Gasteiger partial charge in [0, 0.05) is 6.04 Å². The molecular weight excluding hydrogens is 291 g/mol. The van der Waals surface area contributed by atoms with E-state index < -0.39 is 0 Å². The summed E-state index contributed by atoms with van der Waals surface area (Å²) in [6, 6.07) is 0.669. The van der Waals surface area contributed by atoms with Gasteiger partial charge in [0.2, 0.25) is 5.91 Å². The third-order valence-electron chi connectivity index (χ3n) is 3.56. The van der Waals surface area contributed by atoms with Crippen LogP contribution in [0, 0.1) is 5.92 Å². The molecule has 0 spiro atoms. The maximum atomic E-state index is 11.5. The lowest BCUT2D eigenvalue weighted by Gasteiger charge is -2.39. The lowest BCUT2D eigenvalue weighted by molar-refractivity contribution is -0.122. The van der Waals surface area contributed by atoms with Crippen molar-refractivity contribution in [1.82, 2.24) is 8.85 Å². The number of hydrogen-bond acceptors (Lipinski definition) is 2. The van der Waals surface area contributed by atoms with E-state index in [1.807, 2.05) is 22.9 Å². The molecule has 1 saturated heterocycles. The molecular formula is C10H17IN2O. The number of halogens is 1. The Hall–Kier alpha value is 0.160. The second kappa shape index (κ2) is 4.79. The molecule has 3 atom stereocenters. The maximum Gasteiger partial charge on any atom is 0.245 e. The predicted octanol–water partition coefficient (Wildman–Crippen LogP) is 1.76. The smallest absolute Gasteiger partial charge is 0.245 e. The van der Waals surface area contributed by atoms with Gasteiger partial charge in [0.1, 0.15) is 0 Å². The first-order valence-corrected chi connectivity index (χ1v) is 6.55. The number of nitrogens with one attached hydrogen (secondary N) is 2. The van der Waals surface area contributed by atoms with Crippen molar-refractivity contribution in [3.8, 4) is 0 Å². The van der Waals surface area contributed by atoms with Crippen molar-refractivity contribution in [3.63, 3.8) is 0 Å². The fourth-order valence-electron chi connectivity index (χ4n) is 2.77. The summed E-state index contributed by atoms with van der Waals surface area (Å²) in [4.78, 5) is 11.5. The molecule has 2 rings (SSSR count). The lowest BCUT2D eigenvalue weighted by Crippen LogP contribution is -2.53. The lowest BCUT2D eigenvalue weighted by atomic mass is 9.78. The highest BCUT2D eigenvalue weighted by molar-refractivity contribution is 14.1.